The summed E-state index contributed by atoms with van der Waals surface area (Å²) >= 11 is 0. The topological polar surface area (TPSA) is 80.3 Å². The van der Waals surface area contributed by atoms with Gasteiger partial charge in [-0.15, -0.1) is 0 Å². The minimum absolute atomic E-state index is 0.0489. The number of alkyl halides is 3. The van der Waals surface area contributed by atoms with Crippen LogP contribution in [0.5, 0.6) is 5.75 Å². The molecule has 1 N–H and O–H groups in total. The van der Waals surface area contributed by atoms with Crippen LogP contribution in [0.2, 0.25) is 0 Å². The van der Waals surface area contributed by atoms with Crippen molar-refractivity contribution in [3.63, 3.8) is 0 Å². The number of halogens is 3. The van der Waals surface area contributed by atoms with Crippen LogP contribution in [0.15, 0.2) is 36.8 Å². The second kappa shape index (κ2) is 8.33. The lowest BCUT2D eigenvalue weighted by Gasteiger charge is -2.27. The van der Waals surface area contributed by atoms with E-state index in [9.17, 15) is 18.0 Å². The van der Waals surface area contributed by atoms with Gasteiger partial charge in [-0.3, -0.25) is 4.79 Å². The average molecular weight is 448 g/mol. The van der Waals surface area contributed by atoms with Crippen LogP contribution in [-0.2, 0) is 15.7 Å². The maximum absolute atomic E-state index is 13.0. The first kappa shape index (κ1) is 21.9. The number of nitrogens with one attached hydrogen (secondary N) is 1. The molecule has 1 aliphatic rings. The smallest absolute Gasteiger partial charge is 0.416 e. The fourth-order valence-electron chi connectivity index (χ4n) is 4.00. The maximum Gasteiger partial charge on any atom is 0.416 e. The Kier molecular flexibility index (Phi) is 5.70. The fraction of sp³-hybridized carbons (Fsp3) is 0.409. The Hall–Kier alpha value is -3.30. The number of aromatic nitrogens is 3. The molecule has 1 atom stereocenters. The van der Waals surface area contributed by atoms with Crippen molar-refractivity contribution in [1.82, 2.24) is 15.0 Å². The quantitative estimate of drug-likeness (QED) is 0.572. The van der Waals surface area contributed by atoms with Crippen molar-refractivity contribution in [2.24, 2.45) is 5.41 Å². The van der Waals surface area contributed by atoms with Crippen LogP contribution in [0, 0.1) is 12.3 Å². The standard InChI is InChI=1S/C22H23F3N4O3/c1-3-31-20(30)21(12-32-16-6-4-5-15(9-16)22(23,24)25)7-8-29(11-21)19-17-14(2)10-26-18(17)27-13-28-19/h4-6,9-10,13H,3,7-8,11-12H2,1-2H3,(H,26,27,28). The lowest BCUT2D eigenvalue weighted by molar-refractivity contribution is -0.156. The van der Waals surface area contributed by atoms with Crippen molar-refractivity contribution in [3.8, 4) is 5.75 Å². The molecule has 3 aromatic rings. The van der Waals surface area contributed by atoms with Gasteiger partial charge in [-0.1, -0.05) is 6.07 Å². The fourth-order valence-corrected chi connectivity index (χ4v) is 4.00. The van der Waals surface area contributed by atoms with Crippen LogP contribution in [0.1, 0.15) is 24.5 Å². The Balaban J connectivity index is 1.59. The highest BCUT2D eigenvalue weighted by molar-refractivity contribution is 5.91. The highest BCUT2D eigenvalue weighted by Crippen LogP contribution is 2.38. The number of hydrogen-bond acceptors (Lipinski definition) is 6. The summed E-state index contributed by atoms with van der Waals surface area (Å²) in [6.45, 7) is 4.52. The number of ether oxygens (including phenoxy) is 2. The highest BCUT2D eigenvalue weighted by Gasteiger charge is 2.48. The van der Waals surface area contributed by atoms with Crippen LogP contribution in [-0.4, -0.2) is 47.2 Å². The van der Waals surface area contributed by atoms with Gasteiger partial charge in [-0.2, -0.15) is 13.2 Å². The molecule has 32 heavy (non-hydrogen) atoms. The SMILES string of the molecule is CCOC(=O)C1(COc2cccc(C(F)(F)F)c2)CCN(c2ncnc3[nH]cc(C)c23)C1. The van der Waals surface area contributed by atoms with Gasteiger partial charge in [0.15, 0.2) is 0 Å². The lowest BCUT2D eigenvalue weighted by Crippen LogP contribution is -2.41. The molecule has 0 spiro atoms. The number of hydrogen-bond donors (Lipinski definition) is 1. The molecule has 0 amide bonds. The normalized spacial score (nSPS) is 18.8. The minimum Gasteiger partial charge on any atom is -0.492 e. The monoisotopic (exact) mass is 448 g/mol. The Morgan fingerprint density at radius 3 is 2.88 bits per heavy atom. The summed E-state index contributed by atoms with van der Waals surface area (Å²) < 4.78 is 50.1. The molecule has 3 heterocycles. The molecule has 0 aliphatic carbocycles. The number of H-pyrrole nitrogens is 1. The molecule has 10 heteroatoms. The highest BCUT2D eigenvalue weighted by atomic mass is 19.4. The lowest BCUT2D eigenvalue weighted by atomic mass is 9.88. The van der Waals surface area contributed by atoms with E-state index in [0.29, 0.717) is 24.4 Å². The first-order valence-corrected chi connectivity index (χ1v) is 10.2. The van der Waals surface area contributed by atoms with E-state index >= 15 is 0 Å². The molecular weight excluding hydrogens is 425 g/mol. The van der Waals surface area contributed by atoms with E-state index in [4.69, 9.17) is 9.47 Å². The predicted molar refractivity (Wildman–Crippen MR) is 111 cm³/mol. The number of rotatable bonds is 6. The summed E-state index contributed by atoms with van der Waals surface area (Å²) in [7, 11) is 0. The molecule has 1 aliphatic heterocycles. The van der Waals surface area contributed by atoms with Crippen molar-refractivity contribution in [3.05, 3.63) is 47.9 Å². The summed E-state index contributed by atoms with van der Waals surface area (Å²) in [5.41, 5.74) is -0.170. The van der Waals surface area contributed by atoms with E-state index in [1.165, 1.54) is 18.5 Å². The first-order chi connectivity index (χ1) is 15.2. The van der Waals surface area contributed by atoms with Crippen LogP contribution in [0.3, 0.4) is 0 Å². The van der Waals surface area contributed by atoms with Gasteiger partial charge in [0.25, 0.3) is 0 Å². The zero-order valence-corrected chi connectivity index (χ0v) is 17.7. The van der Waals surface area contributed by atoms with Crippen molar-refractivity contribution >= 4 is 22.8 Å². The summed E-state index contributed by atoms with van der Waals surface area (Å²) in [5, 5.41) is 0.867. The number of nitrogens with zero attached hydrogens (tertiary/aromatic N) is 3. The van der Waals surface area contributed by atoms with E-state index in [1.807, 2.05) is 18.0 Å². The number of fused-ring (bicyclic) bond motifs is 1. The summed E-state index contributed by atoms with van der Waals surface area (Å²) in [5.74, 6) is 0.303. The molecule has 2 aromatic heterocycles. The van der Waals surface area contributed by atoms with Gasteiger partial charge in [-0.25, -0.2) is 9.97 Å². The van der Waals surface area contributed by atoms with Crippen molar-refractivity contribution in [1.29, 1.82) is 0 Å². The zero-order valence-electron chi connectivity index (χ0n) is 17.7. The number of benzene rings is 1. The van der Waals surface area contributed by atoms with Gasteiger partial charge < -0.3 is 19.4 Å². The summed E-state index contributed by atoms with van der Waals surface area (Å²) in [4.78, 5) is 26.7. The molecule has 1 aromatic carbocycles. The van der Waals surface area contributed by atoms with E-state index in [2.05, 4.69) is 15.0 Å². The third-order valence-corrected chi connectivity index (χ3v) is 5.69. The Bertz CT molecular complexity index is 1130. The van der Waals surface area contributed by atoms with E-state index < -0.39 is 23.1 Å². The number of aromatic amines is 1. The largest absolute Gasteiger partial charge is 0.492 e. The molecule has 1 unspecified atom stereocenters. The van der Waals surface area contributed by atoms with Gasteiger partial charge >= 0.3 is 12.1 Å². The first-order valence-electron chi connectivity index (χ1n) is 10.2. The van der Waals surface area contributed by atoms with Crippen molar-refractivity contribution < 1.29 is 27.4 Å². The number of carbonyl (C=O) groups is 1. The van der Waals surface area contributed by atoms with Crippen molar-refractivity contribution in [2.45, 2.75) is 26.4 Å². The second-order valence-electron chi connectivity index (χ2n) is 7.88. The third kappa shape index (κ3) is 4.09. The maximum atomic E-state index is 13.0. The van der Waals surface area contributed by atoms with Gasteiger partial charge in [0, 0.05) is 19.3 Å². The van der Waals surface area contributed by atoms with Gasteiger partial charge in [0.1, 0.15) is 35.6 Å². The van der Waals surface area contributed by atoms with Crippen LogP contribution >= 0.6 is 0 Å². The zero-order chi connectivity index (χ0) is 22.9. The predicted octanol–water partition coefficient (Wildman–Crippen LogP) is 4.12. The third-order valence-electron chi connectivity index (χ3n) is 5.69. The van der Waals surface area contributed by atoms with E-state index in [1.54, 1.807) is 6.92 Å². The Morgan fingerprint density at radius 1 is 1.31 bits per heavy atom. The van der Waals surface area contributed by atoms with Crippen LogP contribution < -0.4 is 9.64 Å². The number of carbonyl (C=O) groups excluding carboxylic acids is 1. The van der Waals surface area contributed by atoms with Gasteiger partial charge in [-0.05, 0) is 44.0 Å². The van der Waals surface area contributed by atoms with Crippen LogP contribution in [0.25, 0.3) is 11.0 Å². The second-order valence-corrected chi connectivity index (χ2v) is 7.88. The molecule has 0 bridgehead atoms. The molecule has 0 radical (unpaired) electrons. The summed E-state index contributed by atoms with van der Waals surface area (Å²) in [6, 6.07) is 4.63. The minimum atomic E-state index is -4.48. The summed E-state index contributed by atoms with van der Waals surface area (Å²) in [6.07, 6.45) is -0.764. The van der Waals surface area contributed by atoms with Gasteiger partial charge in [0.05, 0.1) is 17.6 Å². The molecule has 4 rings (SSSR count). The molecule has 7 nitrogen and oxygen atoms in total. The van der Waals surface area contributed by atoms with Gasteiger partial charge in [0.2, 0.25) is 0 Å². The number of esters is 1. The Labute approximate surface area is 182 Å². The molecule has 1 saturated heterocycles. The molecule has 0 saturated carbocycles. The van der Waals surface area contributed by atoms with E-state index in [0.717, 1.165) is 23.1 Å². The average Bonchev–Trinajstić information content (AvgIpc) is 3.37. The molecule has 1 fully saturated rings. The number of anilines is 1. The van der Waals surface area contributed by atoms with Crippen LogP contribution in [0.4, 0.5) is 19.0 Å². The van der Waals surface area contributed by atoms with E-state index in [-0.39, 0.29) is 25.5 Å². The molecule has 170 valence electrons. The number of aryl methyl sites for hydroxylation is 1. The Morgan fingerprint density at radius 2 is 2.12 bits per heavy atom. The molecular formula is C22H23F3N4O3. The van der Waals surface area contributed by atoms with Crippen molar-refractivity contribution in [2.75, 3.05) is 31.2 Å².